The van der Waals surface area contributed by atoms with Gasteiger partial charge in [-0.2, -0.15) is 0 Å². The van der Waals surface area contributed by atoms with Crippen LogP contribution in [0.25, 0.3) is 0 Å². The van der Waals surface area contributed by atoms with Crippen molar-refractivity contribution in [3.05, 3.63) is 84.4 Å². The molecule has 0 bridgehead atoms. The molecule has 1 aliphatic heterocycles. The lowest BCUT2D eigenvalue weighted by molar-refractivity contribution is -0.318. The summed E-state index contributed by atoms with van der Waals surface area (Å²) in [5.74, 6) is 0. The van der Waals surface area contributed by atoms with Crippen LogP contribution in [0.4, 0.5) is 0 Å². The van der Waals surface area contributed by atoms with Crippen molar-refractivity contribution in [2.45, 2.75) is 43.9 Å². The van der Waals surface area contributed by atoms with Gasteiger partial charge < -0.3 is 28.8 Å². The van der Waals surface area contributed by atoms with Crippen molar-refractivity contribution in [3.8, 4) is 0 Å². The molecule has 0 aliphatic carbocycles. The van der Waals surface area contributed by atoms with Crippen molar-refractivity contribution in [2.24, 2.45) is 0 Å². The van der Waals surface area contributed by atoms with Crippen LogP contribution in [0.15, 0.2) is 73.3 Å². The third-order valence-electron chi connectivity index (χ3n) is 4.98. The maximum absolute atomic E-state index is 9.96. The molecule has 0 amide bonds. The molecule has 0 radical (unpaired) electrons. The summed E-state index contributed by atoms with van der Waals surface area (Å²) < 4.78 is 29.9. The standard InChI is InChI=1S/C24H30O6/c1-3-14-27-23-22(29-17-19-12-8-5-9-13-19)21(20(15-25)30-24(23)26-2)28-16-18-10-6-4-7-11-18/h3-13,20-25H,1,14-17H2,2H3/t20-,21-,22+,23-,24+/m1/s1. The molecule has 6 nitrogen and oxygen atoms in total. The molecule has 1 saturated heterocycles. The van der Waals surface area contributed by atoms with Crippen LogP contribution in [-0.4, -0.2) is 56.1 Å². The number of hydrogen-bond acceptors (Lipinski definition) is 6. The molecule has 2 aromatic carbocycles. The van der Waals surface area contributed by atoms with Gasteiger partial charge in [-0.1, -0.05) is 66.7 Å². The highest BCUT2D eigenvalue weighted by Crippen LogP contribution is 2.30. The van der Waals surface area contributed by atoms with Gasteiger partial charge in [0.15, 0.2) is 6.29 Å². The molecule has 162 valence electrons. The number of ether oxygens (including phenoxy) is 5. The Hall–Kier alpha value is -2.06. The molecule has 0 saturated carbocycles. The number of benzene rings is 2. The van der Waals surface area contributed by atoms with E-state index in [1.54, 1.807) is 13.2 Å². The lowest BCUT2D eigenvalue weighted by Gasteiger charge is -2.45. The predicted molar refractivity (Wildman–Crippen MR) is 113 cm³/mol. The monoisotopic (exact) mass is 414 g/mol. The molecule has 0 unspecified atom stereocenters. The Balaban J connectivity index is 1.81. The molecule has 0 aromatic heterocycles. The van der Waals surface area contributed by atoms with E-state index in [0.29, 0.717) is 19.8 Å². The van der Waals surface area contributed by atoms with Crippen molar-refractivity contribution in [1.29, 1.82) is 0 Å². The quantitative estimate of drug-likeness (QED) is 0.570. The van der Waals surface area contributed by atoms with Crippen LogP contribution < -0.4 is 0 Å². The number of methoxy groups -OCH3 is 1. The van der Waals surface area contributed by atoms with Gasteiger partial charge in [0.25, 0.3) is 0 Å². The highest BCUT2D eigenvalue weighted by Gasteiger charge is 2.48. The van der Waals surface area contributed by atoms with E-state index in [9.17, 15) is 5.11 Å². The van der Waals surface area contributed by atoms with Crippen LogP contribution in [0, 0.1) is 0 Å². The van der Waals surface area contributed by atoms with Gasteiger partial charge in [0, 0.05) is 7.11 Å². The molecule has 6 heteroatoms. The van der Waals surface area contributed by atoms with Crippen molar-refractivity contribution < 1.29 is 28.8 Å². The minimum Gasteiger partial charge on any atom is -0.394 e. The summed E-state index contributed by atoms with van der Waals surface area (Å²) in [5.41, 5.74) is 2.05. The van der Waals surface area contributed by atoms with Gasteiger partial charge in [0.2, 0.25) is 0 Å². The maximum atomic E-state index is 9.96. The molecule has 0 spiro atoms. The first-order chi connectivity index (χ1) is 14.8. The third kappa shape index (κ3) is 5.98. The Kier molecular flexibility index (Phi) is 9.01. The lowest BCUT2D eigenvalue weighted by Crippen LogP contribution is -2.61. The number of aliphatic hydroxyl groups excluding tert-OH is 1. The van der Waals surface area contributed by atoms with Crippen LogP contribution in [0.2, 0.25) is 0 Å². The smallest absolute Gasteiger partial charge is 0.186 e. The van der Waals surface area contributed by atoms with E-state index in [0.717, 1.165) is 11.1 Å². The second kappa shape index (κ2) is 12.0. The summed E-state index contributed by atoms with van der Waals surface area (Å²) in [6, 6.07) is 19.7. The summed E-state index contributed by atoms with van der Waals surface area (Å²) in [4.78, 5) is 0. The molecule has 3 rings (SSSR count). The zero-order valence-corrected chi connectivity index (χ0v) is 17.3. The van der Waals surface area contributed by atoms with Gasteiger partial charge >= 0.3 is 0 Å². The Morgan fingerprint density at radius 2 is 1.43 bits per heavy atom. The molecule has 30 heavy (non-hydrogen) atoms. The molecule has 2 aromatic rings. The summed E-state index contributed by atoms with van der Waals surface area (Å²) in [5, 5.41) is 9.96. The van der Waals surface area contributed by atoms with E-state index in [-0.39, 0.29) is 6.61 Å². The normalized spacial score (nSPS) is 26.4. The molecule has 1 fully saturated rings. The third-order valence-corrected chi connectivity index (χ3v) is 4.98. The van der Waals surface area contributed by atoms with E-state index >= 15 is 0 Å². The van der Waals surface area contributed by atoms with Crippen LogP contribution >= 0.6 is 0 Å². The lowest BCUT2D eigenvalue weighted by atomic mass is 9.98. The second-order valence-corrected chi connectivity index (χ2v) is 7.07. The molecule has 1 N–H and O–H groups in total. The summed E-state index contributed by atoms with van der Waals surface area (Å²) in [6.45, 7) is 4.55. The Morgan fingerprint density at radius 3 is 1.93 bits per heavy atom. The minimum absolute atomic E-state index is 0.224. The van der Waals surface area contributed by atoms with E-state index in [4.69, 9.17) is 23.7 Å². The van der Waals surface area contributed by atoms with Crippen molar-refractivity contribution >= 4 is 0 Å². The second-order valence-electron chi connectivity index (χ2n) is 7.07. The van der Waals surface area contributed by atoms with Gasteiger partial charge in [-0.15, -0.1) is 6.58 Å². The molecular weight excluding hydrogens is 384 g/mol. The number of hydrogen-bond donors (Lipinski definition) is 1. The van der Waals surface area contributed by atoms with E-state index < -0.39 is 30.7 Å². The molecule has 1 heterocycles. The van der Waals surface area contributed by atoms with Gasteiger partial charge in [-0.05, 0) is 11.1 Å². The fraction of sp³-hybridized carbons (Fsp3) is 0.417. The van der Waals surface area contributed by atoms with Crippen molar-refractivity contribution in [3.63, 3.8) is 0 Å². The van der Waals surface area contributed by atoms with Gasteiger partial charge in [0.1, 0.15) is 24.4 Å². The van der Waals surface area contributed by atoms with E-state index in [1.807, 2.05) is 60.7 Å². The zero-order chi connectivity index (χ0) is 21.2. The fourth-order valence-corrected chi connectivity index (χ4v) is 3.49. The van der Waals surface area contributed by atoms with Crippen LogP contribution in [0.1, 0.15) is 11.1 Å². The highest BCUT2D eigenvalue weighted by molar-refractivity contribution is 5.14. The molecule has 1 aliphatic rings. The largest absolute Gasteiger partial charge is 0.394 e. The van der Waals surface area contributed by atoms with E-state index in [1.165, 1.54) is 0 Å². The highest BCUT2D eigenvalue weighted by atomic mass is 16.7. The molecule has 5 atom stereocenters. The SMILES string of the molecule is C=CCO[C@H]1[C@@H](OC)O[C@H](CO)[C@@H](OCc2ccccc2)[C@@H]1OCc1ccccc1. The van der Waals surface area contributed by atoms with Crippen LogP contribution in [0.5, 0.6) is 0 Å². The first-order valence-electron chi connectivity index (χ1n) is 10.1. The summed E-state index contributed by atoms with van der Waals surface area (Å²) >= 11 is 0. The Morgan fingerprint density at radius 1 is 0.867 bits per heavy atom. The van der Waals surface area contributed by atoms with Gasteiger partial charge in [-0.3, -0.25) is 0 Å². The summed E-state index contributed by atoms with van der Waals surface area (Å²) in [6.07, 6.45) is -1.23. The van der Waals surface area contributed by atoms with E-state index in [2.05, 4.69) is 6.58 Å². The fourth-order valence-electron chi connectivity index (χ4n) is 3.49. The predicted octanol–water partition coefficient (Wildman–Crippen LogP) is 3.09. The van der Waals surface area contributed by atoms with Crippen molar-refractivity contribution in [1.82, 2.24) is 0 Å². The Labute approximate surface area is 178 Å². The zero-order valence-electron chi connectivity index (χ0n) is 17.3. The topological polar surface area (TPSA) is 66.4 Å². The summed E-state index contributed by atoms with van der Waals surface area (Å²) in [7, 11) is 1.54. The van der Waals surface area contributed by atoms with Crippen LogP contribution in [-0.2, 0) is 36.9 Å². The first kappa shape index (κ1) is 22.6. The first-order valence-corrected chi connectivity index (χ1v) is 10.1. The molecular formula is C24H30O6. The van der Waals surface area contributed by atoms with Gasteiger partial charge in [-0.25, -0.2) is 0 Å². The minimum atomic E-state index is -0.695. The van der Waals surface area contributed by atoms with Crippen molar-refractivity contribution in [2.75, 3.05) is 20.3 Å². The number of aliphatic hydroxyl groups is 1. The average Bonchev–Trinajstić information content (AvgIpc) is 2.81. The number of rotatable bonds is 11. The Bertz CT molecular complexity index is 738. The van der Waals surface area contributed by atoms with Gasteiger partial charge in [0.05, 0.1) is 26.4 Å². The average molecular weight is 414 g/mol. The van der Waals surface area contributed by atoms with Crippen LogP contribution in [0.3, 0.4) is 0 Å². The maximum Gasteiger partial charge on any atom is 0.186 e.